The zero-order valence-corrected chi connectivity index (χ0v) is 13.4. The highest BCUT2D eigenvalue weighted by molar-refractivity contribution is 5.94. The first-order valence-electron chi connectivity index (χ1n) is 8.04. The Morgan fingerprint density at radius 3 is 2.65 bits per heavy atom. The minimum Gasteiger partial charge on any atom is -0.379 e. The van der Waals surface area contributed by atoms with Gasteiger partial charge in [0.25, 0.3) is 5.91 Å². The van der Waals surface area contributed by atoms with Crippen molar-refractivity contribution in [2.75, 3.05) is 20.2 Å². The van der Waals surface area contributed by atoms with Crippen molar-refractivity contribution >= 4 is 5.91 Å². The average Bonchev–Trinajstić information content (AvgIpc) is 2.63. The third-order valence-electron chi connectivity index (χ3n) is 4.55. The summed E-state index contributed by atoms with van der Waals surface area (Å²) in [4.78, 5) is 18.4. The van der Waals surface area contributed by atoms with Gasteiger partial charge >= 0.3 is 0 Å². The van der Waals surface area contributed by atoms with Gasteiger partial charge in [-0.25, -0.2) is 0 Å². The molecule has 1 aromatic carbocycles. The number of nitrogens with zero attached hydrogens (tertiary/aromatic N) is 2. The van der Waals surface area contributed by atoms with Crippen molar-refractivity contribution in [3.8, 4) is 0 Å². The van der Waals surface area contributed by atoms with Gasteiger partial charge in [-0.1, -0.05) is 30.3 Å². The van der Waals surface area contributed by atoms with E-state index < -0.39 is 0 Å². The maximum Gasteiger partial charge on any atom is 0.254 e. The Hall–Kier alpha value is -2.20. The SMILES string of the molecule is CO[C@@H]1CN(C(=O)c2ccncc2)CC[C@@H]1Cc1ccccc1. The maximum absolute atomic E-state index is 12.6. The minimum atomic E-state index is 0.0626. The molecule has 1 saturated heterocycles. The lowest BCUT2D eigenvalue weighted by Gasteiger charge is -2.38. The van der Waals surface area contributed by atoms with Crippen LogP contribution in [0.15, 0.2) is 54.9 Å². The van der Waals surface area contributed by atoms with E-state index in [4.69, 9.17) is 4.74 Å². The fraction of sp³-hybridized carbons (Fsp3) is 0.368. The number of rotatable bonds is 4. The second kappa shape index (κ2) is 7.38. The Morgan fingerprint density at radius 1 is 1.22 bits per heavy atom. The van der Waals surface area contributed by atoms with Gasteiger partial charge in [0.05, 0.1) is 6.10 Å². The Labute approximate surface area is 137 Å². The largest absolute Gasteiger partial charge is 0.379 e. The van der Waals surface area contributed by atoms with Gasteiger partial charge in [-0.2, -0.15) is 0 Å². The van der Waals surface area contributed by atoms with Crippen LogP contribution in [-0.4, -0.2) is 42.1 Å². The van der Waals surface area contributed by atoms with Crippen LogP contribution in [0.5, 0.6) is 0 Å². The minimum absolute atomic E-state index is 0.0626. The number of hydrogen-bond donors (Lipinski definition) is 0. The van der Waals surface area contributed by atoms with Gasteiger partial charge < -0.3 is 9.64 Å². The molecule has 4 nitrogen and oxygen atoms in total. The smallest absolute Gasteiger partial charge is 0.254 e. The molecule has 2 heterocycles. The van der Waals surface area contributed by atoms with Gasteiger partial charge in [0.2, 0.25) is 0 Å². The number of piperidine rings is 1. The zero-order valence-electron chi connectivity index (χ0n) is 13.4. The van der Waals surface area contributed by atoms with Gasteiger partial charge in [0, 0.05) is 38.2 Å². The van der Waals surface area contributed by atoms with Crippen molar-refractivity contribution in [1.29, 1.82) is 0 Å². The predicted molar refractivity (Wildman–Crippen MR) is 89.2 cm³/mol. The quantitative estimate of drug-likeness (QED) is 0.872. The fourth-order valence-corrected chi connectivity index (χ4v) is 3.24. The molecule has 2 aromatic rings. The van der Waals surface area contributed by atoms with E-state index in [1.807, 2.05) is 11.0 Å². The Kier molecular flexibility index (Phi) is 5.03. The van der Waals surface area contributed by atoms with Crippen LogP contribution in [0.4, 0.5) is 0 Å². The van der Waals surface area contributed by atoms with E-state index >= 15 is 0 Å². The normalized spacial score (nSPS) is 21.2. The lowest BCUT2D eigenvalue weighted by atomic mass is 9.87. The summed E-state index contributed by atoms with van der Waals surface area (Å²) >= 11 is 0. The van der Waals surface area contributed by atoms with E-state index in [0.717, 1.165) is 19.4 Å². The summed E-state index contributed by atoms with van der Waals surface area (Å²) in [6, 6.07) is 14.0. The molecule has 4 heteroatoms. The summed E-state index contributed by atoms with van der Waals surface area (Å²) < 4.78 is 5.69. The molecule has 1 amide bonds. The molecule has 3 rings (SSSR count). The van der Waals surface area contributed by atoms with Gasteiger partial charge in [-0.3, -0.25) is 9.78 Å². The number of carbonyl (C=O) groups excluding carboxylic acids is 1. The number of carbonyl (C=O) groups is 1. The van der Waals surface area contributed by atoms with Crippen LogP contribution < -0.4 is 0 Å². The third kappa shape index (κ3) is 3.77. The topological polar surface area (TPSA) is 42.4 Å². The lowest BCUT2D eigenvalue weighted by molar-refractivity contribution is -0.00697. The van der Waals surface area contributed by atoms with Gasteiger partial charge in [-0.05, 0) is 36.5 Å². The summed E-state index contributed by atoms with van der Waals surface area (Å²) in [6.07, 6.45) is 5.35. The lowest BCUT2D eigenvalue weighted by Crippen LogP contribution is -2.48. The number of benzene rings is 1. The van der Waals surface area contributed by atoms with E-state index in [1.165, 1.54) is 5.56 Å². The molecule has 120 valence electrons. The molecule has 0 radical (unpaired) electrons. The summed E-state index contributed by atoms with van der Waals surface area (Å²) in [5.74, 6) is 0.511. The second-order valence-electron chi connectivity index (χ2n) is 6.00. The van der Waals surface area contributed by atoms with Gasteiger partial charge in [-0.15, -0.1) is 0 Å². The van der Waals surface area contributed by atoms with Crippen molar-refractivity contribution in [2.45, 2.75) is 18.9 Å². The van der Waals surface area contributed by atoms with E-state index in [0.29, 0.717) is 18.0 Å². The molecule has 23 heavy (non-hydrogen) atoms. The van der Waals surface area contributed by atoms with Crippen LogP contribution in [-0.2, 0) is 11.2 Å². The Bertz CT molecular complexity index is 630. The molecule has 1 aromatic heterocycles. The summed E-state index contributed by atoms with van der Waals surface area (Å²) in [5, 5.41) is 0. The standard InChI is InChI=1S/C19H22N2O2/c1-23-18-14-21(19(22)16-7-10-20-11-8-16)12-9-17(18)13-15-5-3-2-4-6-15/h2-8,10-11,17-18H,9,12-14H2,1H3/t17-,18-/m1/s1. The van der Waals surface area contributed by atoms with Crippen molar-refractivity contribution < 1.29 is 9.53 Å². The van der Waals surface area contributed by atoms with Crippen molar-refractivity contribution in [2.24, 2.45) is 5.92 Å². The van der Waals surface area contributed by atoms with Gasteiger partial charge in [0.15, 0.2) is 0 Å². The first-order valence-corrected chi connectivity index (χ1v) is 8.04. The molecule has 2 atom stereocenters. The van der Waals surface area contributed by atoms with E-state index in [1.54, 1.807) is 31.6 Å². The van der Waals surface area contributed by atoms with Crippen LogP contribution in [0, 0.1) is 5.92 Å². The first-order chi connectivity index (χ1) is 11.3. The molecule has 0 N–H and O–H groups in total. The number of methoxy groups -OCH3 is 1. The van der Waals surface area contributed by atoms with Crippen LogP contribution in [0.2, 0.25) is 0 Å². The molecule has 1 aliphatic rings. The predicted octanol–water partition coefficient (Wildman–Crippen LogP) is 2.80. The number of likely N-dealkylation sites (tertiary alicyclic amines) is 1. The maximum atomic E-state index is 12.6. The van der Waals surface area contributed by atoms with Crippen LogP contribution in [0.3, 0.4) is 0 Å². The molecule has 0 spiro atoms. The monoisotopic (exact) mass is 310 g/mol. The molecular weight excluding hydrogens is 288 g/mol. The van der Waals surface area contributed by atoms with Crippen LogP contribution >= 0.6 is 0 Å². The molecule has 0 unspecified atom stereocenters. The van der Waals surface area contributed by atoms with Crippen LogP contribution in [0.1, 0.15) is 22.3 Å². The Balaban J connectivity index is 1.66. The summed E-state index contributed by atoms with van der Waals surface area (Å²) in [6.45, 7) is 1.42. The average molecular weight is 310 g/mol. The fourth-order valence-electron chi connectivity index (χ4n) is 3.24. The highest BCUT2D eigenvalue weighted by atomic mass is 16.5. The highest BCUT2D eigenvalue weighted by Crippen LogP contribution is 2.25. The highest BCUT2D eigenvalue weighted by Gasteiger charge is 2.31. The number of pyridine rings is 1. The molecule has 1 aliphatic heterocycles. The third-order valence-corrected chi connectivity index (χ3v) is 4.55. The number of amides is 1. The molecular formula is C19H22N2O2. The van der Waals surface area contributed by atoms with Crippen molar-refractivity contribution in [3.05, 3.63) is 66.0 Å². The van der Waals surface area contributed by atoms with Crippen LogP contribution in [0.25, 0.3) is 0 Å². The second-order valence-corrected chi connectivity index (χ2v) is 6.00. The number of hydrogen-bond acceptors (Lipinski definition) is 3. The molecule has 0 bridgehead atoms. The van der Waals surface area contributed by atoms with E-state index in [9.17, 15) is 4.79 Å². The zero-order chi connectivity index (χ0) is 16.1. The first kappa shape index (κ1) is 15.7. The molecule has 0 saturated carbocycles. The van der Waals surface area contributed by atoms with E-state index in [2.05, 4.69) is 29.2 Å². The Morgan fingerprint density at radius 2 is 1.96 bits per heavy atom. The van der Waals surface area contributed by atoms with Gasteiger partial charge in [0.1, 0.15) is 0 Å². The summed E-state index contributed by atoms with van der Waals surface area (Å²) in [5.41, 5.74) is 2.02. The number of aromatic nitrogens is 1. The number of ether oxygens (including phenoxy) is 1. The summed E-state index contributed by atoms with van der Waals surface area (Å²) in [7, 11) is 1.74. The van der Waals surface area contributed by atoms with Crippen molar-refractivity contribution in [3.63, 3.8) is 0 Å². The van der Waals surface area contributed by atoms with Crippen molar-refractivity contribution in [1.82, 2.24) is 9.88 Å². The van der Waals surface area contributed by atoms with E-state index in [-0.39, 0.29) is 12.0 Å². The molecule has 1 fully saturated rings. The molecule has 0 aliphatic carbocycles.